The number of rotatable bonds is 16. The van der Waals surface area contributed by atoms with Gasteiger partial charge in [0.1, 0.15) is 11.5 Å². The molecule has 2 aliphatic rings. The van der Waals surface area contributed by atoms with Gasteiger partial charge in [-0.1, -0.05) is 12.1 Å². The van der Waals surface area contributed by atoms with Gasteiger partial charge in [-0.3, -0.25) is 19.4 Å². The van der Waals surface area contributed by atoms with Gasteiger partial charge in [0, 0.05) is 120 Å². The van der Waals surface area contributed by atoms with Crippen LogP contribution in [0.5, 0.6) is 11.5 Å². The summed E-state index contributed by atoms with van der Waals surface area (Å²) >= 11 is 3.63. The minimum Gasteiger partial charge on any atom is -0.494 e. The molecule has 0 aliphatic carbocycles. The van der Waals surface area contributed by atoms with Crippen LogP contribution in [0, 0.1) is 0 Å². The standard InChI is InChI=1S/2C25H27N3O2S.C4H4O4/c2*29-25-9-7-19-6-8-20(18-22(19)26-25)30-16-2-1-11-27-12-14-28(15-13-27)23-4-3-5-24-21(23)10-17-31-24;5-3(6)1-2-4(7)8/h2*3-10,17-18H,1-2,11-16H2,(H,26,29);1-2H,(H,5,6)(H,7,8)/b;;2-1+. The van der Waals surface area contributed by atoms with E-state index in [-0.39, 0.29) is 11.1 Å². The molecule has 8 aromatic rings. The van der Waals surface area contributed by atoms with Gasteiger partial charge in [0.05, 0.1) is 24.2 Å². The molecule has 364 valence electrons. The van der Waals surface area contributed by atoms with Crippen molar-refractivity contribution in [3.63, 3.8) is 0 Å². The highest BCUT2D eigenvalue weighted by Gasteiger charge is 2.20. The molecule has 0 unspecified atom stereocenters. The second-order valence-corrected chi connectivity index (χ2v) is 19.0. The molecule has 4 N–H and O–H groups in total. The first-order valence-electron chi connectivity index (χ1n) is 23.7. The van der Waals surface area contributed by atoms with Crippen molar-refractivity contribution >= 4 is 88.0 Å². The van der Waals surface area contributed by atoms with E-state index in [0.29, 0.717) is 25.4 Å². The van der Waals surface area contributed by atoms with E-state index in [1.807, 2.05) is 71.2 Å². The topological polar surface area (TPSA) is 172 Å². The lowest BCUT2D eigenvalue weighted by Crippen LogP contribution is -2.46. The molecule has 6 heterocycles. The Labute approximate surface area is 413 Å². The maximum atomic E-state index is 11.5. The number of aromatic amines is 2. The summed E-state index contributed by atoms with van der Waals surface area (Å²) in [5.41, 5.74) is 4.22. The van der Waals surface area contributed by atoms with Gasteiger partial charge in [-0.2, -0.15) is 0 Å². The number of unbranched alkanes of at least 4 members (excludes halogenated alkanes) is 2. The van der Waals surface area contributed by atoms with Gasteiger partial charge in [-0.15, -0.1) is 22.7 Å². The van der Waals surface area contributed by atoms with E-state index in [9.17, 15) is 19.2 Å². The molecule has 70 heavy (non-hydrogen) atoms. The van der Waals surface area contributed by atoms with Crippen LogP contribution in [0.1, 0.15) is 25.7 Å². The molecule has 0 radical (unpaired) electrons. The lowest BCUT2D eigenvalue weighted by Gasteiger charge is -2.36. The third-order valence-corrected chi connectivity index (χ3v) is 14.2. The van der Waals surface area contributed by atoms with Crippen LogP contribution in [0.3, 0.4) is 0 Å². The monoisotopic (exact) mass is 982 g/mol. The molecule has 2 saturated heterocycles. The zero-order chi connectivity index (χ0) is 48.7. The summed E-state index contributed by atoms with van der Waals surface area (Å²) in [6.45, 7) is 12.4. The lowest BCUT2D eigenvalue weighted by molar-refractivity contribution is -0.134. The van der Waals surface area contributed by atoms with Crippen LogP contribution in [0.4, 0.5) is 11.4 Å². The number of piperazine rings is 2. The highest BCUT2D eigenvalue weighted by Crippen LogP contribution is 2.32. The average Bonchev–Trinajstić information content (AvgIpc) is 4.07. The summed E-state index contributed by atoms with van der Waals surface area (Å²) in [5, 5.41) is 24.8. The maximum absolute atomic E-state index is 11.5. The van der Waals surface area contributed by atoms with Gasteiger partial charge in [-0.05, 0) is 133 Å². The lowest BCUT2D eigenvalue weighted by atomic mass is 10.2. The number of carboxylic acid groups (broad SMARTS) is 2. The average molecular weight is 983 g/mol. The van der Waals surface area contributed by atoms with Crippen LogP contribution in [-0.4, -0.2) is 121 Å². The van der Waals surface area contributed by atoms with Crippen molar-refractivity contribution in [3.8, 4) is 11.5 Å². The number of carboxylic acids is 2. The van der Waals surface area contributed by atoms with Crippen molar-refractivity contribution in [1.82, 2.24) is 19.8 Å². The normalized spacial score (nSPS) is 14.4. The number of H-pyrrole nitrogens is 2. The molecule has 0 spiro atoms. The number of hydrogen-bond donors (Lipinski definition) is 4. The van der Waals surface area contributed by atoms with Crippen LogP contribution in [-0.2, 0) is 9.59 Å². The Morgan fingerprint density at radius 1 is 0.529 bits per heavy atom. The molecular weight excluding hydrogens is 925 g/mol. The van der Waals surface area contributed by atoms with Gasteiger partial charge in [0.2, 0.25) is 11.1 Å². The van der Waals surface area contributed by atoms with Crippen LogP contribution in [0.15, 0.2) is 142 Å². The highest BCUT2D eigenvalue weighted by molar-refractivity contribution is 7.17. The van der Waals surface area contributed by atoms with Gasteiger partial charge in [0.25, 0.3) is 0 Å². The quantitative estimate of drug-likeness (QED) is 0.0536. The van der Waals surface area contributed by atoms with Crippen LogP contribution < -0.4 is 30.4 Å². The molecule has 0 amide bonds. The van der Waals surface area contributed by atoms with Gasteiger partial charge in [0.15, 0.2) is 0 Å². The third-order valence-electron chi connectivity index (χ3n) is 12.4. The third kappa shape index (κ3) is 13.8. The summed E-state index contributed by atoms with van der Waals surface area (Å²) in [4.78, 5) is 58.0. The van der Waals surface area contributed by atoms with E-state index in [0.717, 1.165) is 124 Å². The van der Waals surface area contributed by atoms with Crippen LogP contribution in [0.25, 0.3) is 42.0 Å². The van der Waals surface area contributed by atoms with E-state index in [2.05, 4.69) is 88.9 Å². The summed E-state index contributed by atoms with van der Waals surface area (Å²) in [7, 11) is 0. The van der Waals surface area contributed by atoms with E-state index >= 15 is 0 Å². The fourth-order valence-corrected chi connectivity index (χ4v) is 10.4. The number of aromatic nitrogens is 2. The number of benzene rings is 4. The highest BCUT2D eigenvalue weighted by atomic mass is 32.1. The molecule has 0 saturated carbocycles. The molecule has 4 aromatic carbocycles. The van der Waals surface area contributed by atoms with Crippen LogP contribution in [0.2, 0.25) is 0 Å². The Kier molecular flexibility index (Phi) is 17.3. The van der Waals surface area contributed by atoms with Gasteiger partial charge < -0.3 is 39.5 Å². The molecule has 2 fully saturated rings. The van der Waals surface area contributed by atoms with Crippen molar-refractivity contribution in [1.29, 1.82) is 0 Å². The first kappa shape index (κ1) is 49.4. The number of ether oxygens (including phenoxy) is 2. The van der Waals surface area contributed by atoms with E-state index in [1.54, 1.807) is 12.1 Å². The van der Waals surface area contributed by atoms with Gasteiger partial charge in [-0.25, -0.2) is 9.59 Å². The van der Waals surface area contributed by atoms with Crippen LogP contribution >= 0.6 is 22.7 Å². The molecule has 14 nitrogen and oxygen atoms in total. The molecule has 16 heteroatoms. The molecule has 0 bridgehead atoms. The zero-order valence-electron chi connectivity index (χ0n) is 39.0. The Hall–Kier alpha value is -6.98. The molecule has 0 atom stereocenters. The summed E-state index contributed by atoms with van der Waals surface area (Å²) in [6.07, 6.45) is 5.43. The van der Waals surface area contributed by atoms with Crippen molar-refractivity contribution in [3.05, 3.63) is 153 Å². The van der Waals surface area contributed by atoms with Crippen molar-refractivity contribution in [2.45, 2.75) is 25.7 Å². The molecule has 10 rings (SSSR count). The first-order chi connectivity index (χ1) is 34.1. The number of fused-ring (bicyclic) bond motifs is 4. The number of nitrogens with one attached hydrogen (secondary N) is 2. The fraction of sp³-hybridized carbons (Fsp3) is 0.296. The Morgan fingerprint density at radius 2 is 0.943 bits per heavy atom. The minimum atomic E-state index is -1.26. The predicted octanol–water partition coefficient (Wildman–Crippen LogP) is 9.16. The Morgan fingerprint density at radius 3 is 1.36 bits per heavy atom. The maximum Gasteiger partial charge on any atom is 0.328 e. The van der Waals surface area contributed by atoms with Crippen molar-refractivity contribution in [2.24, 2.45) is 0 Å². The molecule has 2 aliphatic heterocycles. The number of aliphatic carboxylic acids is 2. The number of anilines is 2. The number of nitrogens with zero attached hydrogens (tertiary/aromatic N) is 4. The number of pyridine rings is 2. The first-order valence-corrected chi connectivity index (χ1v) is 25.4. The summed E-state index contributed by atoms with van der Waals surface area (Å²) in [6, 6.07) is 36.2. The van der Waals surface area contributed by atoms with Gasteiger partial charge >= 0.3 is 11.9 Å². The predicted molar refractivity (Wildman–Crippen MR) is 284 cm³/mol. The van der Waals surface area contributed by atoms with E-state index in [1.165, 1.54) is 31.5 Å². The van der Waals surface area contributed by atoms with Crippen molar-refractivity contribution in [2.75, 3.05) is 88.5 Å². The molecule has 4 aromatic heterocycles. The Balaban J connectivity index is 0.000000163. The van der Waals surface area contributed by atoms with Crippen molar-refractivity contribution < 1.29 is 29.3 Å². The zero-order valence-corrected chi connectivity index (χ0v) is 40.6. The Bertz CT molecular complexity index is 2940. The molecular formula is C54H58N6O8S2. The second-order valence-electron chi connectivity index (χ2n) is 17.1. The minimum absolute atomic E-state index is 0.0863. The fourth-order valence-electron chi connectivity index (χ4n) is 8.77. The largest absolute Gasteiger partial charge is 0.494 e. The van der Waals surface area contributed by atoms with E-state index in [4.69, 9.17) is 19.7 Å². The SMILES string of the molecule is O=C(O)/C=C/C(=O)O.O=c1ccc2ccc(OCCCCN3CCN(c4cccc5sccc45)CC3)cc2[nH]1.O=c1ccc2ccc(OCCCCN3CCN(c4cccc5sccc45)CC3)cc2[nH]1. The number of hydrogen-bond acceptors (Lipinski definition) is 12. The number of carbonyl (C=O) groups is 2. The summed E-state index contributed by atoms with van der Waals surface area (Å²) < 4.78 is 14.6. The smallest absolute Gasteiger partial charge is 0.328 e. The second kappa shape index (κ2) is 24.5. The van der Waals surface area contributed by atoms with E-state index < -0.39 is 11.9 Å². The number of thiophene rings is 2. The summed E-state index contributed by atoms with van der Waals surface area (Å²) in [5.74, 6) is -0.893.